The van der Waals surface area contributed by atoms with Crippen molar-refractivity contribution in [2.75, 3.05) is 39.4 Å². The zero-order valence-corrected chi connectivity index (χ0v) is 16.9. The molecule has 0 aromatic rings. The first-order valence-corrected chi connectivity index (χ1v) is 11.2. The van der Waals surface area contributed by atoms with Crippen LogP contribution in [0.4, 0.5) is 0 Å². The Kier molecular flexibility index (Phi) is 5.60. The normalized spacial score (nSPS) is 40.5. The molecule has 1 amide bonds. The van der Waals surface area contributed by atoms with Crippen molar-refractivity contribution in [3.8, 4) is 0 Å². The van der Waals surface area contributed by atoms with Gasteiger partial charge < -0.3 is 15.0 Å². The van der Waals surface area contributed by atoms with Crippen LogP contribution < -0.4 is 16.2 Å². The van der Waals surface area contributed by atoms with Gasteiger partial charge in [0.05, 0.1) is 31.4 Å². The minimum absolute atomic E-state index is 0.279. The van der Waals surface area contributed by atoms with Gasteiger partial charge in [0.2, 0.25) is 5.91 Å². The number of fused-ring (bicyclic) bond motifs is 1. The van der Waals surface area contributed by atoms with Crippen LogP contribution in [0, 0.1) is 11.8 Å². The van der Waals surface area contributed by atoms with E-state index in [9.17, 15) is 4.79 Å². The third-order valence-electron chi connectivity index (χ3n) is 7.65. The molecule has 5 aliphatic rings. The Morgan fingerprint density at radius 1 is 1.07 bits per heavy atom. The second-order valence-electron chi connectivity index (χ2n) is 9.23. The molecular weight excluding hydrogens is 358 g/mol. The Hall–Kier alpha value is -0.770. The van der Waals surface area contributed by atoms with Gasteiger partial charge >= 0.3 is 0 Å². The number of hydroxylamine groups is 1. The number of carbonyl (C=O) groups is 1. The molecule has 0 aromatic carbocycles. The van der Waals surface area contributed by atoms with Crippen molar-refractivity contribution in [3.63, 3.8) is 0 Å². The fourth-order valence-electron chi connectivity index (χ4n) is 5.75. The Morgan fingerprint density at radius 3 is 2.61 bits per heavy atom. The van der Waals surface area contributed by atoms with Gasteiger partial charge in [-0.25, -0.2) is 5.01 Å². The lowest BCUT2D eigenvalue weighted by Crippen LogP contribution is -2.60. The molecule has 5 unspecified atom stereocenters. The predicted octanol–water partition coefficient (Wildman–Crippen LogP) is -0.137. The van der Waals surface area contributed by atoms with E-state index in [0.717, 1.165) is 65.1 Å². The highest BCUT2D eigenvalue weighted by molar-refractivity contribution is 5.75. The Labute approximate surface area is 167 Å². The Balaban J connectivity index is 1.13. The number of hydrogen-bond donors (Lipinski definition) is 3. The first kappa shape index (κ1) is 19.2. The molecule has 3 N–H and O–H groups in total. The summed E-state index contributed by atoms with van der Waals surface area (Å²) in [5.41, 5.74) is 6.98. The van der Waals surface area contributed by atoms with Gasteiger partial charge in [0.15, 0.2) is 0 Å². The minimum Gasteiger partial charge on any atom is -0.378 e. The van der Waals surface area contributed by atoms with E-state index in [0.29, 0.717) is 42.4 Å². The van der Waals surface area contributed by atoms with Gasteiger partial charge in [-0.15, -0.1) is 0 Å². The zero-order chi connectivity index (χ0) is 19.1. The fourth-order valence-corrected chi connectivity index (χ4v) is 5.75. The topological polar surface area (TPSA) is 78.1 Å². The molecule has 8 heteroatoms. The summed E-state index contributed by atoms with van der Waals surface area (Å²) in [6, 6.07) is 1.98. The maximum atomic E-state index is 11.9. The SMILES string of the molecule is CCC(=O)N1CCC(C2CC(C3CC4C(CN3)CNN4C3COC3)NO2)CC1. The van der Waals surface area contributed by atoms with Gasteiger partial charge in [-0.3, -0.25) is 15.1 Å². The molecule has 5 saturated heterocycles. The van der Waals surface area contributed by atoms with Crippen molar-refractivity contribution >= 4 is 5.91 Å². The molecule has 5 atom stereocenters. The van der Waals surface area contributed by atoms with Gasteiger partial charge in [-0.1, -0.05) is 6.92 Å². The average molecular weight is 394 g/mol. The van der Waals surface area contributed by atoms with Crippen LogP contribution in [0.5, 0.6) is 0 Å². The number of piperidine rings is 2. The number of carbonyl (C=O) groups excluding carboxylic acids is 1. The second-order valence-corrected chi connectivity index (χ2v) is 9.23. The molecule has 5 rings (SSSR count). The largest absolute Gasteiger partial charge is 0.378 e. The van der Waals surface area contributed by atoms with E-state index < -0.39 is 0 Å². The molecule has 5 fully saturated rings. The van der Waals surface area contributed by atoms with Crippen molar-refractivity contribution < 1.29 is 14.4 Å². The van der Waals surface area contributed by atoms with Crippen molar-refractivity contribution in [2.24, 2.45) is 11.8 Å². The molecule has 5 aliphatic heterocycles. The van der Waals surface area contributed by atoms with E-state index in [1.54, 1.807) is 0 Å². The summed E-state index contributed by atoms with van der Waals surface area (Å²) >= 11 is 0. The van der Waals surface area contributed by atoms with Gasteiger partial charge in [0.25, 0.3) is 0 Å². The summed E-state index contributed by atoms with van der Waals surface area (Å²) in [5.74, 6) is 1.54. The third kappa shape index (κ3) is 3.59. The summed E-state index contributed by atoms with van der Waals surface area (Å²) in [5, 5.41) is 6.27. The third-order valence-corrected chi connectivity index (χ3v) is 7.65. The van der Waals surface area contributed by atoms with Crippen LogP contribution in [0.2, 0.25) is 0 Å². The molecule has 0 bridgehead atoms. The molecular formula is C20H35N5O3. The Bertz CT molecular complexity index is 566. The summed E-state index contributed by atoms with van der Waals surface area (Å²) in [7, 11) is 0. The first-order chi connectivity index (χ1) is 13.7. The van der Waals surface area contributed by atoms with Gasteiger partial charge in [-0.05, 0) is 31.6 Å². The first-order valence-electron chi connectivity index (χ1n) is 11.2. The monoisotopic (exact) mass is 393 g/mol. The quantitative estimate of drug-likeness (QED) is 0.614. The van der Waals surface area contributed by atoms with E-state index in [2.05, 4.69) is 21.2 Å². The maximum absolute atomic E-state index is 11.9. The molecule has 0 aliphatic carbocycles. The van der Waals surface area contributed by atoms with Crippen molar-refractivity contribution in [3.05, 3.63) is 0 Å². The maximum Gasteiger partial charge on any atom is 0.222 e. The van der Waals surface area contributed by atoms with Gasteiger partial charge in [0, 0.05) is 50.6 Å². The summed E-state index contributed by atoms with van der Waals surface area (Å²) in [6.45, 7) is 7.60. The summed E-state index contributed by atoms with van der Waals surface area (Å²) in [6.07, 6.45) is 5.25. The highest BCUT2D eigenvalue weighted by Gasteiger charge is 2.46. The summed E-state index contributed by atoms with van der Waals surface area (Å²) in [4.78, 5) is 20.0. The molecule has 0 spiro atoms. The minimum atomic E-state index is 0.279. The predicted molar refractivity (Wildman–Crippen MR) is 104 cm³/mol. The lowest BCUT2D eigenvalue weighted by atomic mass is 9.83. The summed E-state index contributed by atoms with van der Waals surface area (Å²) < 4.78 is 5.41. The van der Waals surface area contributed by atoms with E-state index in [4.69, 9.17) is 9.57 Å². The average Bonchev–Trinajstić information content (AvgIpc) is 3.34. The molecule has 5 heterocycles. The van der Waals surface area contributed by atoms with E-state index in [-0.39, 0.29) is 12.0 Å². The molecule has 8 nitrogen and oxygen atoms in total. The highest BCUT2D eigenvalue weighted by Crippen LogP contribution is 2.33. The molecule has 28 heavy (non-hydrogen) atoms. The number of nitrogens with one attached hydrogen (secondary N) is 3. The lowest BCUT2D eigenvalue weighted by Gasteiger charge is -2.43. The molecule has 0 radical (unpaired) electrons. The second kappa shape index (κ2) is 8.16. The number of nitrogens with zero attached hydrogens (tertiary/aromatic N) is 2. The smallest absolute Gasteiger partial charge is 0.222 e. The van der Waals surface area contributed by atoms with Crippen LogP contribution in [-0.2, 0) is 14.4 Å². The number of rotatable bonds is 4. The van der Waals surface area contributed by atoms with E-state index >= 15 is 0 Å². The van der Waals surface area contributed by atoms with Crippen LogP contribution in [0.1, 0.15) is 39.0 Å². The highest BCUT2D eigenvalue weighted by atomic mass is 16.7. The fraction of sp³-hybridized carbons (Fsp3) is 0.950. The van der Waals surface area contributed by atoms with Crippen LogP contribution in [0.25, 0.3) is 0 Å². The molecule has 0 saturated carbocycles. The standard InChI is InChI=1S/C20H35N5O3/c1-2-20(26)24-5-3-13(4-6-24)19-8-17(23-28-19)16-7-18-14(9-21-16)10-22-25(18)15-11-27-12-15/h13-19,21-23H,2-12H2,1H3. The van der Waals surface area contributed by atoms with Crippen molar-refractivity contribution in [1.29, 1.82) is 0 Å². The Morgan fingerprint density at radius 2 is 1.89 bits per heavy atom. The van der Waals surface area contributed by atoms with Crippen LogP contribution in [0.3, 0.4) is 0 Å². The zero-order valence-electron chi connectivity index (χ0n) is 16.9. The number of hydrazine groups is 1. The van der Waals surface area contributed by atoms with Crippen LogP contribution in [0.15, 0.2) is 0 Å². The van der Waals surface area contributed by atoms with E-state index in [1.165, 1.54) is 0 Å². The van der Waals surface area contributed by atoms with Crippen molar-refractivity contribution in [2.45, 2.75) is 69.3 Å². The number of ether oxygens (including phenoxy) is 1. The number of hydrogen-bond acceptors (Lipinski definition) is 7. The van der Waals surface area contributed by atoms with Crippen molar-refractivity contribution in [1.82, 2.24) is 26.1 Å². The molecule has 158 valence electrons. The van der Waals surface area contributed by atoms with Gasteiger partial charge in [0.1, 0.15) is 0 Å². The number of likely N-dealkylation sites (tertiary alicyclic amines) is 1. The van der Waals surface area contributed by atoms with Crippen LogP contribution >= 0.6 is 0 Å². The van der Waals surface area contributed by atoms with Gasteiger partial charge in [-0.2, -0.15) is 5.48 Å². The molecule has 0 aromatic heterocycles. The lowest BCUT2D eigenvalue weighted by molar-refractivity contribution is -0.133. The van der Waals surface area contributed by atoms with Crippen LogP contribution in [-0.4, -0.2) is 85.5 Å². The number of amides is 1. The van der Waals surface area contributed by atoms with E-state index in [1.807, 2.05) is 11.8 Å².